The highest BCUT2D eigenvalue weighted by atomic mass is 15.2. The van der Waals surface area contributed by atoms with Gasteiger partial charge in [-0.05, 0) is 38.4 Å². The molecule has 0 aliphatic carbocycles. The van der Waals surface area contributed by atoms with E-state index in [1.807, 2.05) is 12.3 Å². The Balaban J connectivity index is 2.87. The maximum atomic E-state index is 5.92. The second kappa shape index (κ2) is 6.12. The van der Waals surface area contributed by atoms with Gasteiger partial charge in [-0.2, -0.15) is 0 Å². The number of pyridine rings is 1. The lowest BCUT2D eigenvalue weighted by molar-refractivity contribution is 0.102. The van der Waals surface area contributed by atoms with E-state index in [2.05, 4.69) is 43.6 Å². The summed E-state index contributed by atoms with van der Waals surface area (Å²) in [6, 6.07) is 4.10. The van der Waals surface area contributed by atoms with Crippen molar-refractivity contribution in [3.63, 3.8) is 0 Å². The summed E-state index contributed by atoms with van der Waals surface area (Å²) in [4.78, 5) is 6.88. The molecule has 1 heterocycles. The minimum Gasteiger partial charge on any atom is -0.329 e. The lowest BCUT2D eigenvalue weighted by Gasteiger charge is -2.39. The molecule has 0 bridgehead atoms. The molecule has 2 N–H and O–H groups in total. The fraction of sp³-hybridized carbons (Fsp3) is 0.643. The van der Waals surface area contributed by atoms with E-state index in [9.17, 15) is 0 Å². The first-order chi connectivity index (χ1) is 8.07. The molecule has 0 saturated carbocycles. The van der Waals surface area contributed by atoms with Crippen molar-refractivity contribution >= 4 is 0 Å². The Bertz CT molecular complexity index is 345. The van der Waals surface area contributed by atoms with Crippen LogP contribution < -0.4 is 5.73 Å². The smallest absolute Gasteiger partial charge is 0.0573 e. The average molecular weight is 235 g/mol. The number of nitrogens with two attached hydrogens (primary N) is 1. The number of rotatable bonds is 6. The molecule has 0 aliphatic heterocycles. The van der Waals surface area contributed by atoms with E-state index in [0.29, 0.717) is 6.54 Å². The standard InChI is InChI=1S/C14H25N3/c1-5-14(4,11-15)17(6-2)10-13-12(3)8-7-9-16-13/h7-9H,5-6,10-11,15H2,1-4H3. The van der Waals surface area contributed by atoms with Crippen molar-refractivity contribution in [1.82, 2.24) is 9.88 Å². The zero-order valence-electron chi connectivity index (χ0n) is 11.5. The maximum Gasteiger partial charge on any atom is 0.0573 e. The number of hydrogen-bond donors (Lipinski definition) is 1. The summed E-state index contributed by atoms with van der Waals surface area (Å²) in [6.45, 7) is 11.3. The third kappa shape index (κ3) is 3.27. The third-order valence-electron chi connectivity index (χ3n) is 3.81. The van der Waals surface area contributed by atoms with Crippen LogP contribution in [0.1, 0.15) is 38.4 Å². The van der Waals surface area contributed by atoms with Crippen LogP contribution >= 0.6 is 0 Å². The predicted octanol–water partition coefficient (Wildman–Crippen LogP) is 2.34. The molecule has 0 aliphatic rings. The highest BCUT2D eigenvalue weighted by Crippen LogP contribution is 2.20. The first-order valence-electron chi connectivity index (χ1n) is 6.43. The Hall–Kier alpha value is -0.930. The number of aryl methyl sites for hydroxylation is 1. The van der Waals surface area contributed by atoms with E-state index in [0.717, 1.165) is 25.2 Å². The summed E-state index contributed by atoms with van der Waals surface area (Å²) >= 11 is 0. The van der Waals surface area contributed by atoms with Crippen LogP contribution in [0.4, 0.5) is 0 Å². The van der Waals surface area contributed by atoms with Crippen LogP contribution in [0.2, 0.25) is 0 Å². The van der Waals surface area contributed by atoms with Crippen LogP contribution in [0.5, 0.6) is 0 Å². The molecule has 0 spiro atoms. The van der Waals surface area contributed by atoms with Crippen molar-refractivity contribution in [3.05, 3.63) is 29.6 Å². The molecule has 1 rings (SSSR count). The Morgan fingerprint density at radius 1 is 1.41 bits per heavy atom. The Morgan fingerprint density at radius 2 is 2.12 bits per heavy atom. The van der Waals surface area contributed by atoms with Crippen molar-refractivity contribution in [1.29, 1.82) is 0 Å². The lowest BCUT2D eigenvalue weighted by Crippen LogP contribution is -2.50. The monoisotopic (exact) mass is 235 g/mol. The molecule has 1 aromatic rings. The highest BCUT2D eigenvalue weighted by molar-refractivity contribution is 5.17. The van der Waals surface area contributed by atoms with E-state index >= 15 is 0 Å². The summed E-state index contributed by atoms with van der Waals surface area (Å²) in [5.74, 6) is 0. The van der Waals surface area contributed by atoms with Gasteiger partial charge in [0.05, 0.1) is 5.69 Å². The molecule has 1 aromatic heterocycles. The van der Waals surface area contributed by atoms with Crippen molar-refractivity contribution in [3.8, 4) is 0 Å². The molecule has 96 valence electrons. The quantitative estimate of drug-likeness (QED) is 0.823. The minimum absolute atomic E-state index is 0.0682. The summed E-state index contributed by atoms with van der Waals surface area (Å²) in [6.07, 6.45) is 2.92. The van der Waals surface area contributed by atoms with Crippen molar-refractivity contribution in [2.24, 2.45) is 5.73 Å². The van der Waals surface area contributed by atoms with Crippen molar-refractivity contribution in [2.45, 2.75) is 46.2 Å². The number of likely N-dealkylation sites (N-methyl/N-ethyl adjacent to an activating group) is 1. The van der Waals surface area contributed by atoms with Crippen LogP contribution in [-0.4, -0.2) is 28.5 Å². The van der Waals surface area contributed by atoms with Crippen molar-refractivity contribution in [2.75, 3.05) is 13.1 Å². The van der Waals surface area contributed by atoms with Crippen LogP contribution in [-0.2, 0) is 6.54 Å². The van der Waals surface area contributed by atoms with Crippen LogP contribution in [0.3, 0.4) is 0 Å². The van der Waals surface area contributed by atoms with Crippen LogP contribution in [0, 0.1) is 6.92 Å². The van der Waals surface area contributed by atoms with Crippen LogP contribution in [0.25, 0.3) is 0 Å². The van der Waals surface area contributed by atoms with Gasteiger partial charge in [-0.25, -0.2) is 0 Å². The topological polar surface area (TPSA) is 42.2 Å². The molecule has 17 heavy (non-hydrogen) atoms. The molecule has 3 nitrogen and oxygen atoms in total. The minimum atomic E-state index is 0.0682. The Kier molecular flexibility index (Phi) is 5.09. The fourth-order valence-corrected chi connectivity index (χ4v) is 2.05. The number of nitrogens with zero attached hydrogens (tertiary/aromatic N) is 2. The van der Waals surface area contributed by atoms with Gasteiger partial charge in [0, 0.05) is 24.8 Å². The first-order valence-corrected chi connectivity index (χ1v) is 6.43. The highest BCUT2D eigenvalue weighted by Gasteiger charge is 2.27. The first kappa shape index (κ1) is 14.1. The van der Waals surface area contributed by atoms with E-state index in [1.165, 1.54) is 5.56 Å². The van der Waals surface area contributed by atoms with Gasteiger partial charge in [0.25, 0.3) is 0 Å². The normalized spacial score (nSPS) is 14.9. The van der Waals surface area contributed by atoms with Crippen LogP contribution in [0.15, 0.2) is 18.3 Å². The van der Waals surface area contributed by atoms with E-state index < -0.39 is 0 Å². The van der Waals surface area contributed by atoms with Gasteiger partial charge in [-0.1, -0.05) is 19.9 Å². The molecule has 3 heteroatoms. The zero-order valence-corrected chi connectivity index (χ0v) is 11.5. The lowest BCUT2D eigenvalue weighted by atomic mass is 9.96. The zero-order chi connectivity index (χ0) is 12.9. The van der Waals surface area contributed by atoms with E-state index in [4.69, 9.17) is 5.73 Å². The average Bonchev–Trinajstić information content (AvgIpc) is 2.37. The molecular formula is C14H25N3. The molecule has 1 unspecified atom stereocenters. The third-order valence-corrected chi connectivity index (χ3v) is 3.81. The summed E-state index contributed by atoms with van der Waals surface area (Å²) in [5, 5.41) is 0. The number of hydrogen-bond acceptors (Lipinski definition) is 3. The fourth-order valence-electron chi connectivity index (χ4n) is 2.05. The molecule has 0 radical (unpaired) electrons. The van der Waals surface area contributed by atoms with Gasteiger partial charge in [0.1, 0.15) is 0 Å². The second-order valence-electron chi connectivity index (χ2n) is 4.84. The van der Waals surface area contributed by atoms with Gasteiger partial charge < -0.3 is 5.73 Å². The van der Waals surface area contributed by atoms with Gasteiger partial charge >= 0.3 is 0 Å². The Morgan fingerprint density at radius 3 is 2.59 bits per heavy atom. The van der Waals surface area contributed by atoms with Gasteiger partial charge in [0.2, 0.25) is 0 Å². The molecule has 1 atom stereocenters. The van der Waals surface area contributed by atoms with Gasteiger partial charge in [-0.15, -0.1) is 0 Å². The molecule has 0 saturated heterocycles. The molecule has 0 aromatic carbocycles. The number of aromatic nitrogens is 1. The maximum absolute atomic E-state index is 5.92. The van der Waals surface area contributed by atoms with Crippen molar-refractivity contribution < 1.29 is 0 Å². The molecule has 0 fully saturated rings. The molecule has 0 amide bonds. The largest absolute Gasteiger partial charge is 0.329 e. The van der Waals surface area contributed by atoms with E-state index in [1.54, 1.807) is 0 Å². The SMILES string of the molecule is CCN(Cc1ncccc1C)C(C)(CC)CN. The predicted molar refractivity (Wildman–Crippen MR) is 72.8 cm³/mol. The van der Waals surface area contributed by atoms with Gasteiger partial charge in [-0.3, -0.25) is 9.88 Å². The van der Waals surface area contributed by atoms with Gasteiger partial charge in [0.15, 0.2) is 0 Å². The summed E-state index contributed by atoms with van der Waals surface area (Å²) < 4.78 is 0. The van der Waals surface area contributed by atoms with E-state index in [-0.39, 0.29) is 5.54 Å². The Labute approximate surface area is 105 Å². The second-order valence-corrected chi connectivity index (χ2v) is 4.84. The summed E-state index contributed by atoms with van der Waals surface area (Å²) in [5.41, 5.74) is 8.40. The summed E-state index contributed by atoms with van der Waals surface area (Å²) in [7, 11) is 0. The molecular weight excluding hydrogens is 210 g/mol.